The Morgan fingerprint density at radius 2 is 1.82 bits per heavy atom. The summed E-state index contributed by atoms with van der Waals surface area (Å²) in [5, 5.41) is 3.95. The molecule has 22 heavy (non-hydrogen) atoms. The predicted octanol–water partition coefficient (Wildman–Crippen LogP) is 3.55. The van der Waals surface area contributed by atoms with Crippen LogP contribution in [0.25, 0.3) is 10.9 Å². The number of para-hydroxylation sites is 1. The summed E-state index contributed by atoms with van der Waals surface area (Å²) in [6.07, 6.45) is 1.73. The minimum Gasteiger partial charge on any atom is -0.378 e. The number of carbonyl (C=O) groups excluding carboxylic acids is 1. The predicted molar refractivity (Wildman–Crippen MR) is 90.5 cm³/mol. The molecule has 0 bridgehead atoms. The average molecular weight is 291 g/mol. The van der Waals surface area contributed by atoms with E-state index in [1.807, 2.05) is 67.5 Å². The van der Waals surface area contributed by atoms with Crippen LogP contribution in [-0.4, -0.2) is 25.0 Å². The first kappa shape index (κ1) is 14.1. The fourth-order valence-corrected chi connectivity index (χ4v) is 2.32. The Kier molecular flexibility index (Phi) is 3.74. The monoisotopic (exact) mass is 291 g/mol. The van der Waals surface area contributed by atoms with Gasteiger partial charge in [-0.15, -0.1) is 0 Å². The Balaban J connectivity index is 1.92. The lowest BCUT2D eigenvalue weighted by Gasteiger charge is -2.14. The fourth-order valence-electron chi connectivity index (χ4n) is 2.32. The van der Waals surface area contributed by atoms with E-state index in [4.69, 9.17) is 0 Å². The van der Waals surface area contributed by atoms with Gasteiger partial charge in [0.15, 0.2) is 0 Å². The number of aromatic nitrogens is 1. The molecule has 0 aliphatic rings. The summed E-state index contributed by atoms with van der Waals surface area (Å²) in [6, 6.07) is 17.1. The molecular weight excluding hydrogens is 274 g/mol. The van der Waals surface area contributed by atoms with Crippen molar-refractivity contribution in [1.82, 2.24) is 4.98 Å². The maximum atomic E-state index is 12.5. The van der Waals surface area contributed by atoms with Gasteiger partial charge in [0.05, 0.1) is 11.2 Å². The van der Waals surface area contributed by atoms with Crippen LogP contribution in [0.15, 0.2) is 60.8 Å². The molecule has 0 atom stereocenters. The molecule has 0 aliphatic carbocycles. The van der Waals surface area contributed by atoms with E-state index < -0.39 is 0 Å². The van der Waals surface area contributed by atoms with Crippen LogP contribution < -0.4 is 10.2 Å². The van der Waals surface area contributed by atoms with Gasteiger partial charge < -0.3 is 10.2 Å². The van der Waals surface area contributed by atoms with Gasteiger partial charge in [0.25, 0.3) is 5.91 Å². The number of fused-ring (bicyclic) bond motifs is 1. The van der Waals surface area contributed by atoms with Gasteiger partial charge in [-0.2, -0.15) is 0 Å². The molecule has 1 aromatic heterocycles. The molecule has 1 heterocycles. The van der Waals surface area contributed by atoms with Crippen LogP contribution in [0.3, 0.4) is 0 Å². The van der Waals surface area contributed by atoms with Crippen molar-refractivity contribution in [2.45, 2.75) is 0 Å². The third-order valence-electron chi connectivity index (χ3n) is 3.51. The number of nitrogens with one attached hydrogen (secondary N) is 1. The molecule has 110 valence electrons. The van der Waals surface area contributed by atoms with Crippen molar-refractivity contribution in [3.8, 4) is 0 Å². The molecule has 0 aliphatic heterocycles. The lowest BCUT2D eigenvalue weighted by molar-refractivity contribution is 0.102. The van der Waals surface area contributed by atoms with Crippen LogP contribution in [0.4, 0.5) is 11.4 Å². The van der Waals surface area contributed by atoms with Gasteiger partial charge in [0, 0.05) is 36.9 Å². The van der Waals surface area contributed by atoms with Gasteiger partial charge in [-0.1, -0.05) is 24.3 Å². The van der Waals surface area contributed by atoms with Gasteiger partial charge in [-0.05, 0) is 30.3 Å². The Labute approximate surface area is 129 Å². The molecule has 0 radical (unpaired) electrons. The van der Waals surface area contributed by atoms with Crippen molar-refractivity contribution in [2.75, 3.05) is 24.3 Å². The molecule has 1 amide bonds. The summed E-state index contributed by atoms with van der Waals surface area (Å²) < 4.78 is 0. The minimum absolute atomic E-state index is 0.137. The maximum absolute atomic E-state index is 12.5. The number of amides is 1. The summed E-state index contributed by atoms with van der Waals surface area (Å²) in [6.45, 7) is 0. The van der Waals surface area contributed by atoms with Crippen molar-refractivity contribution in [1.29, 1.82) is 0 Å². The van der Waals surface area contributed by atoms with Crippen molar-refractivity contribution in [3.63, 3.8) is 0 Å². The Morgan fingerprint density at radius 1 is 1.05 bits per heavy atom. The summed E-state index contributed by atoms with van der Waals surface area (Å²) in [5.41, 5.74) is 3.13. The summed E-state index contributed by atoms with van der Waals surface area (Å²) in [7, 11) is 3.90. The molecule has 0 saturated carbocycles. The van der Waals surface area contributed by atoms with E-state index >= 15 is 0 Å². The number of rotatable bonds is 3. The first-order valence-electron chi connectivity index (χ1n) is 7.07. The maximum Gasteiger partial charge on any atom is 0.255 e. The molecule has 2 aromatic carbocycles. The quantitative estimate of drug-likeness (QED) is 0.802. The highest BCUT2D eigenvalue weighted by Crippen LogP contribution is 2.22. The van der Waals surface area contributed by atoms with E-state index in [0.717, 1.165) is 22.3 Å². The number of hydrogen-bond acceptors (Lipinski definition) is 3. The van der Waals surface area contributed by atoms with E-state index in [2.05, 4.69) is 10.3 Å². The minimum atomic E-state index is -0.137. The molecule has 1 N–H and O–H groups in total. The molecule has 0 fully saturated rings. The molecule has 3 aromatic rings. The fraction of sp³-hybridized carbons (Fsp3) is 0.111. The normalized spacial score (nSPS) is 10.5. The first-order valence-corrected chi connectivity index (χ1v) is 7.07. The lowest BCUT2D eigenvalue weighted by Crippen LogP contribution is -2.14. The molecule has 0 unspecified atom stereocenters. The van der Waals surface area contributed by atoms with E-state index in [-0.39, 0.29) is 5.91 Å². The average Bonchev–Trinajstić information content (AvgIpc) is 2.55. The third kappa shape index (κ3) is 2.76. The molecule has 0 spiro atoms. The van der Waals surface area contributed by atoms with Gasteiger partial charge in [-0.3, -0.25) is 9.78 Å². The Bertz CT molecular complexity index is 822. The van der Waals surface area contributed by atoms with Crippen molar-refractivity contribution >= 4 is 28.2 Å². The molecule has 4 heteroatoms. The Hall–Kier alpha value is -2.88. The second-order valence-corrected chi connectivity index (χ2v) is 5.28. The largest absolute Gasteiger partial charge is 0.378 e. The molecule has 0 saturated heterocycles. The number of anilines is 2. The summed E-state index contributed by atoms with van der Waals surface area (Å²) >= 11 is 0. The van der Waals surface area contributed by atoms with Crippen LogP contribution in [0.2, 0.25) is 0 Å². The van der Waals surface area contributed by atoms with Crippen molar-refractivity contribution in [3.05, 3.63) is 66.4 Å². The van der Waals surface area contributed by atoms with E-state index in [1.165, 1.54) is 0 Å². The highest BCUT2D eigenvalue weighted by atomic mass is 16.1. The number of carbonyl (C=O) groups is 1. The van der Waals surface area contributed by atoms with E-state index in [1.54, 1.807) is 12.3 Å². The second-order valence-electron chi connectivity index (χ2n) is 5.28. The van der Waals surface area contributed by atoms with Crippen LogP contribution in [0, 0.1) is 0 Å². The van der Waals surface area contributed by atoms with Gasteiger partial charge >= 0.3 is 0 Å². The van der Waals surface area contributed by atoms with Gasteiger partial charge in [0.1, 0.15) is 0 Å². The van der Waals surface area contributed by atoms with Crippen LogP contribution in [0.1, 0.15) is 10.4 Å². The standard InChI is InChI=1S/C18H17N3O/c1-21(2)15-9-3-7-14(12-15)18(22)20-16-10-4-6-13-8-5-11-19-17(13)16/h3-12H,1-2H3,(H,20,22). The Morgan fingerprint density at radius 3 is 2.64 bits per heavy atom. The number of pyridine rings is 1. The molecular formula is C18H17N3O. The molecule has 4 nitrogen and oxygen atoms in total. The number of nitrogens with zero attached hydrogens (tertiary/aromatic N) is 2. The zero-order valence-corrected chi connectivity index (χ0v) is 12.6. The van der Waals surface area contributed by atoms with Crippen molar-refractivity contribution < 1.29 is 4.79 Å². The zero-order valence-electron chi connectivity index (χ0n) is 12.6. The van der Waals surface area contributed by atoms with Crippen molar-refractivity contribution in [2.24, 2.45) is 0 Å². The van der Waals surface area contributed by atoms with E-state index in [9.17, 15) is 4.79 Å². The highest BCUT2D eigenvalue weighted by Gasteiger charge is 2.10. The topological polar surface area (TPSA) is 45.2 Å². The third-order valence-corrected chi connectivity index (χ3v) is 3.51. The second kappa shape index (κ2) is 5.85. The summed E-state index contributed by atoms with van der Waals surface area (Å²) in [5.74, 6) is -0.137. The lowest BCUT2D eigenvalue weighted by atomic mass is 10.1. The van der Waals surface area contributed by atoms with Crippen LogP contribution in [-0.2, 0) is 0 Å². The molecule has 3 rings (SSSR count). The van der Waals surface area contributed by atoms with Gasteiger partial charge in [-0.25, -0.2) is 0 Å². The van der Waals surface area contributed by atoms with E-state index in [0.29, 0.717) is 5.56 Å². The van der Waals surface area contributed by atoms with Crippen LogP contribution in [0.5, 0.6) is 0 Å². The first-order chi connectivity index (χ1) is 10.6. The highest BCUT2D eigenvalue weighted by molar-refractivity contribution is 6.08. The SMILES string of the molecule is CN(C)c1cccc(C(=O)Nc2cccc3cccnc23)c1. The van der Waals surface area contributed by atoms with Crippen LogP contribution >= 0.6 is 0 Å². The smallest absolute Gasteiger partial charge is 0.255 e. The summed E-state index contributed by atoms with van der Waals surface area (Å²) in [4.78, 5) is 18.8. The van der Waals surface area contributed by atoms with Gasteiger partial charge in [0.2, 0.25) is 0 Å². The number of hydrogen-bond donors (Lipinski definition) is 1. The number of benzene rings is 2. The zero-order chi connectivity index (χ0) is 15.5.